The maximum atomic E-state index is 13.2. The van der Waals surface area contributed by atoms with Crippen LogP contribution in [-0.4, -0.2) is 88.5 Å². The number of carbonyl (C=O) groups is 1. The second-order valence-electron chi connectivity index (χ2n) is 8.98. The summed E-state index contributed by atoms with van der Waals surface area (Å²) >= 11 is 0. The Labute approximate surface area is 181 Å². The zero-order chi connectivity index (χ0) is 20.9. The lowest BCUT2D eigenvalue weighted by Gasteiger charge is -2.47. The number of aromatic nitrogens is 2. The standard InChI is InChI=1S/C22H27N7O2/c30-20-4-2-1-3-17(20)18-9-19-21(26-25-18)23-10-16-13-27(7-8-29(16)19)22(31)28-11-14-5-6-15(12-28)24-14/h1-4,9,14-16,24,30H,5-8,10-13H2,(H,23,26)/t14?,15?,16-/m0/s1. The fraction of sp³-hybridized carbons (Fsp3) is 0.500. The first kappa shape index (κ1) is 18.7. The van der Waals surface area contributed by atoms with Crippen LogP contribution in [0.3, 0.4) is 0 Å². The van der Waals surface area contributed by atoms with Crippen molar-refractivity contribution in [2.24, 2.45) is 0 Å². The van der Waals surface area contributed by atoms with Gasteiger partial charge in [-0.05, 0) is 31.0 Å². The van der Waals surface area contributed by atoms with Gasteiger partial charge in [-0.15, -0.1) is 10.2 Å². The third-order valence-corrected chi connectivity index (χ3v) is 7.01. The summed E-state index contributed by atoms with van der Waals surface area (Å²) < 4.78 is 0. The Bertz CT molecular complexity index is 1000. The lowest BCUT2D eigenvalue weighted by Crippen LogP contribution is -2.63. The minimum Gasteiger partial charge on any atom is -0.507 e. The number of phenolic OH excluding ortho intramolecular Hbond substituents is 1. The summed E-state index contributed by atoms with van der Waals surface area (Å²) in [6.07, 6.45) is 2.35. The number of benzene rings is 1. The molecule has 2 amide bonds. The molecule has 2 unspecified atom stereocenters. The van der Waals surface area contributed by atoms with E-state index in [1.165, 1.54) is 12.8 Å². The molecule has 4 aliphatic rings. The van der Waals surface area contributed by atoms with Crippen LogP contribution in [-0.2, 0) is 0 Å². The fourth-order valence-corrected chi connectivity index (χ4v) is 5.44. The number of aromatic hydroxyl groups is 1. The number of piperazine rings is 2. The molecule has 0 aliphatic carbocycles. The van der Waals surface area contributed by atoms with E-state index in [9.17, 15) is 9.90 Å². The molecular formula is C22H27N7O2. The predicted molar refractivity (Wildman–Crippen MR) is 117 cm³/mol. The van der Waals surface area contributed by atoms with Crippen LogP contribution in [0.2, 0.25) is 0 Å². The molecule has 9 heteroatoms. The third kappa shape index (κ3) is 3.23. The highest BCUT2D eigenvalue weighted by molar-refractivity contribution is 5.78. The summed E-state index contributed by atoms with van der Waals surface area (Å²) in [5.74, 6) is 0.950. The van der Waals surface area contributed by atoms with Gasteiger partial charge in [-0.1, -0.05) is 12.1 Å². The molecule has 31 heavy (non-hydrogen) atoms. The summed E-state index contributed by atoms with van der Waals surface area (Å²) in [6, 6.07) is 10.4. The number of nitrogens with zero attached hydrogens (tertiary/aromatic N) is 5. The summed E-state index contributed by atoms with van der Waals surface area (Å²) in [7, 11) is 0. The number of phenols is 1. The molecule has 0 radical (unpaired) electrons. The van der Waals surface area contributed by atoms with Gasteiger partial charge in [0.15, 0.2) is 5.82 Å². The van der Waals surface area contributed by atoms with E-state index in [1.807, 2.05) is 28.0 Å². The van der Waals surface area contributed by atoms with Crippen molar-refractivity contribution >= 4 is 17.5 Å². The maximum Gasteiger partial charge on any atom is 0.320 e. The number of rotatable bonds is 1. The van der Waals surface area contributed by atoms with Gasteiger partial charge in [0.25, 0.3) is 0 Å². The topological polar surface area (TPSA) is 96.9 Å². The molecule has 162 valence electrons. The average Bonchev–Trinajstić information content (AvgIpc) is 3.15. The van der Waals surface area contributed by atoms with Crippen LogP contribution < -0.4 is 15.5 Å². The predicted octanol–water partition coefficient (Wildman–Crippen LogP) is 1.32. The van der Waals surface area contributed by atoms with Gasteiger partial charge < -0.3 is 30.4 Å². The third-order valence-electron chi connectivity index (χ3n) is 7.01. The van der Waals surface area contributed by atoms with E-state index in [0.29, 0.717) is 36.4 Å². The lowest BCUT2D eigenvalue weighted by atomic mass is 10.1. The molecule has 3 atom stereocenters. The first-order chi connectivity index (χ1) is 15.2. The summed E-state index contributed by atoms with van der Waals surface area (Å²) in [5, 5.41) is 25.9. The molecule has 2 aromatic rings. The second kappa shape index (κ2) is 7.26. The average molecular weight is 422 g/mol. The van der Waals surface area contributed by atoms with E-state index in [-0.39, 0.29) is 17.8 Å². The zero-order valence-electron chi connectivity index (χ0n) is 17.4. The van der Waals surface area contributed by atoms with Gasteiger partial charge in [-0.3, -0.25) is 0 Å². The van der Waals surface area contributed by atoms with Crippen molar-refractivity contribution in [2.75, 3.05) is 49.5 Å². The van der Waals surface area contributed by atoms with E-state index in [1.54, 1.807) is 12.1 Å². The lowest BCUT2D eigenvalue weighted by molar-refractivity contribution is 0.127. The van der Waals surface area contributed by atoms with Crippen LogP contribution >= 0.6 is 0 Å². The number of fused-ring (bicyclic) bond motifs is 5. The summed E-state index contributed by atoms with van der Waals surface area (Å²) in [6.45, 7) is 4.52. The zero-order valence-corrected chi connectivity index (χ0v) is 17.4. The monoisotopic (exact) mass is 421 g/mol. The van der Waals surface area contributed by atoms with E-state index in [0.717, 1.165) is 37.7 Å². The van der Waals surface area contributed by atoms with Crippen molar-refractivity contribution in [3.8, 4) is 17.0 Å². The Kier molecular flexibility index (Phi) is 4.38. The highest BCUT2D eigenvalue weighted by Crippen LogP contribution is 2.36. The van der Waals surface area contributed by atoms with Crippen molar-refractivity contribution in [1.29, 1.82) is 0 Å². The van der Waals surface area contributed by atoms with Crippen LogP contribution in [0.1, 0.15) is 12.8 Å². The van der Waals surface area contributed by atoms with E-state index < -0.39 is 0 Å². The van der Waals surface area contributed by atoms with Gasteiger partial charge >= 0.3 is 6.03 Å². The number of amides is 2. The van der Waals surface area contributed by atoms with Crippen LogP contribution in [0.15, 0.2) is 30.3 Å². The Hall–Kier alpha value is -3.07. The second-order valence-corrected chi connectivity index (χ2v) is 8.98. The van der Waals surface area contributed by atoms with Crippen LogP contribution in [0.25, 0.3) is 11.3 Å². The van der Waals surface area contributed by atoms with Gasteiger partial charge in [0.05, 0.1) is 17.4 Å². The Morgan fingerprint density at radius 2 is 1.84 bits per heavy atom. The fourth-order valence-electron chi connectivity index (χ4n) is 5.44. The molecule has 3 fully saturated rings. The van der Waals surface area contributed by atoms with Gasteiger partial charge in [0.1, 0.15) is 5.75 Å². The van der Waals surface area contributed by atoms with Gasteiger partial charge in [0.2, 0.25) is 0 Å². The SMILES string of the molecule is O=C(N1CC2CCC(C1)N2)N1CCN2c3cc(-c4ccccc4O)nnc3NC[C@H]2C1. The van der Waals surface area contributed by atoms with E-state index in [2.05, 4.69) is 25.7 Å². The number of urea groups is 1. The first-order valence-corrected chi connectivity index (χ1v) is 11.1. The molecular weight excluding hydrogens is 394 g/mol. The summed E-state index contributed by atoms with van der Waals surface area (Å²) in [4.78, 5) is 19.6. The number of likely N-dealkylation sites (tertiary alicyclic amines) is 1. The smallest absolute Gasteiger partial charge is 0.320 e. The van der Waals surface area contributed by atoms with E-state index >= 15 is 0 Å². The minimum absolute atomic E-state index is 0.173. The number of anilines is 2. The number of hydrogen-bond acceptors (Lipinski definition) is 7. The molecule has 0 spiro atoms. The Morgan fingerprint density at radius 1 is 1.03 bits per heavy atom. The quantitative estimate of drug-likeness (QED) is 0.639. The van der Waals surface area contributed by atoms with Crippen molar-refractivity contribution in [3.63, 3.8) is 0 Å². The molecule has 2 bridgehead atoms. The molecule has 3 saturated heterocycles. The largest absolute Gasteiger partial charge is 0.507 e. The van der Waals surface area contributed by atoms with E-state index in [4.69, 9.17) is 0 Å². The van der Waals surface area contributed by atoms with Crippen molar-refractivity contribution in [2.45, 2.75) is 31.0 Å². The van der Waals surface area contributed by atoms with Crippen LogP contribution in [0.5, 0.6) is 5.75 Å². The molecule has 0 saturated carbocycles. The molecule has 5 heterocycles. The van der Waals surface area contributed by atoms with Gasteiger partial charge in [-0.25, -0.2) is 4.79 Å². The molecule has 1 aromatic heterocycles. The normalized spacial score (nSPS) is 26.8. The Balaban J connectivity index is 1.20. The van der Waals surface area contributed by atoms with Crippen molar-refractivity contribution < 1.29 is 9.90 Å². The molecule has 1 aromatic carbocycles. The van der Waals surface area contributed by atoms with Crippen LogP contribution in [0, 0.1) is 0 Å². The first-order valence-electron chi connectivity index (χ1n) is 11.1. The van der Waals surface area contributed by atoms with Crippen molar-refractivity contribution in [3.05, 3.63) is 30.3 Å². The minimum atomic E-state index is 0.173. The van der Waals surface area contributed by atoms with Crippen molar-refractivity contribution in [1.82, 2.24) is 25.3 Å². The van der Waals surface area contributed by atoms with Gasteiger partial charge in [-0.2, -0.15) is 0 Å². The van der Waals surface area contributed by atoms with Crippen LogP contribution in [0.4, 0.5) is 16.3 Å². The number of nitrogens with one attached hydrogen (secondary N) is 2. The molecule has 6 rings (SSSR count). The number of carbonyl (C=O) groups excluding carboxylic acids is 1. The number of para-hydroxylation sites is 1. The summed E-state index contributed by atoms with van der Waals surface area (Å²) in [5.41, 5.74) is 2.30. The molecule has 3 N–H and O–H groups in total. The molecule has 4 aliphatic heterocycles. The molecule has 9 nitrogen and oxygen atoms in total. The van der Waals surface area contributed by atoms with Gasteiger partial charge in [0, 0.05) is 56.9 Å². The maximum absolute atomic E-state index is 13.2. The highest BCUT2D eigenvalue weighted by atomic mass is 16.3. The highest BCUT2D eigenvalue weighted by Gasteiger charge is 2.39. The number of hydrogen-bond donors (Lipinski definition) is 3. The Morgan fingerprint density at radius 3 is 2.65 bits per heavy atom.